The van der Waals surface area contributed by atoms with Crippen LogP contribution >= 0.6 is 0 Å². The lowest BCUT2D eigenvalue weighted by Gasteiger charge is -2.07. The van der Waals surface area contributed by atoms with Crippen LogP contribution in [0.1, 0.15) is 11.1 Å². The fourth-order valence-electron chi connectivity index (χ4n) is 2.07. The topological polar surface area (TPSA) is 60.5 Å². The van der Waals surface area contributed by atoms with Crippen LogP contribution in [-0.4, -0.2) is 31.7 Å². The molecular weight excluding hydrogens is 292 g/mol. The van der Waals surface area contributed by atoms with Crippen molar-refractivity contribution in [2.45, 2.75) is 6.42 Å². The molecule has 1 aromatic heterocycles. The zero-order chi connectivity index (χ0) is 16.5. The fraction of sp³-hybridized carbons (Fsp3) is 0.222. The van der Waals surface area contributed by atoms with Gasteiger partial charge in [0, 0.05) is 30.6 Å². The Bertz CT molecular complexity index is 669. The predicted octanol–water partition coefficient (Wildman–Crippen LogP) is 2.47. The van der Waals surface area contributed by atoms with Gasteiger partial charge in [0.15, 0.2) is 0 Å². The highest BCUT2D eigenvalue weighted by molar-refractivity contribution is 5.92. The summed E-state index contributed by atoms with van der Waals surface area (Å²) < 4.78 is 10.5. The second-order valence-corrected chi connectivity index (χ2v) is 4.84. The first-order valence-electron chi connectivity index (χ1n) is 7.30. The van der Waals surface area contributed by atoms with E-state index in [-0.39, 0.29) is 5.91 Å². The molecule has 2 rings (SSSR count). The van der Waals surface area contributed by atoms with Gasteiger partial charge in [-0.05, 0) is 48.4 Å². The lowest BCUT2D eigenvalue weighted by molar-refractivity contribution is -0.116. The first kappa shape index (κ1) is 16.5. The minimum absolute atomic E-state index is 0.149. The quantitative estimate of drug-likeness (QED) is 0.798. The van der Waals surface area contributed by atoms with Crippen LogP contribution in [0.15, 0.2) is 48.8 Å². The van der Waals surface area contributed by atoms with Gasteiger partial charge in [-0.2, -0.15) is 0 Å². The monoisotopic (exact) mass is 312 g/mol. The van der Waals surface area contributed by atoms with Crippen LogP contribution in [0, 0.1) is 0 Å². The molecule has 0 unspecified atom stereocenters. The van der Waals surface area contributed by atoms with Crippen molar-refractivity contribution in [3.63, 3.8) is 0 Å². The number of carbonyl (C=O) groups is 1. The van der Waals surface area contributed by atoms with Crippen molar-refractivity contribution in [3.05, 3.63) is 59.9 Å². The van der Waals surface area contributed by atoms with Crippen LogP contribution in [0.2, 0.25) is 0 Å². The van der Waals surface area contributed by atoms with E-state index in [1.807, 2.05) is 24.3 Å². The molecule has 5 nitrogen and oxygen atoms in total. The molecular formula is C18H20N2O3. The van der Waals surface area contributed by atoms with E-state index < -0.39 is 0 Å². The maximum absolute atomic E-state index is 11.9. The van der Waals surface area contributed by atoms with Gasteiger partial charge in [-0.1, -0.05) is 0 Å². The molecule has 1 heterocycles. The minimum atomic E-state index is -0.149. The molecule has 0 saturated heterocycles. The number of amides is 1. The number of carbonyl (C=O) groups excluding carboxylic acids is 1. The molecule has 0 aliphatic rings. The van der Waals surface area contributed by atoms with Crippen LogP contribution in [0.5, 0.6) is 11.5 Å². The molecule has 1 amide bonds. The highest BCUT2D eigenvalue weighted by Gasteiger charge is 2.03. The minimum Gasteiger partial charge on any atom is -0.497 e. The van der Waals surface area contributed by atoms with Crippen molar-refractivity contribution < 1.29 is 14.3 Å². The summed E-state index contributed by atoms with van der Waals surface area (Å²) in [6, 6.07) is 9.30. The van der Waals surface area contributed by atoms with Gasteiger partial charge in [-0.15, -0.1) is 0 Å². The third-order valence-electron chi connectivity index (χ3n) is 3.31. The summed E-state index contributed by atoms with van der Waals surface area (Å²) in [7, 11) is 3.19. The van der Waals surface area contributed by atoms with E-state index >= 15 is 0 Å². The Kier molecular flexibility index (Phi) is 6.17. The highest BCUT2D eigenvalue weighted by atomic mass is 16.5. The lowest BCUT2D eigenvalue weighted by atomic mass is 10.1. The summed E-state index contributed by atoms with van der Waals surface area (Å²) in [5.41, 5.74) is 1.93. The van der Waals surface area contributed by atoms with Crippen LogP contribution < -0.4 is 14.8 Å². The number of nitrogens with one attached hydrogen (secondary N) is 1. The summed E-state index contributed by atoms with van der Waals surface area (Å²) in [5.74, 6) is 1.25. The Labute approximate surface area is 136 Å². The van der Waals surface area contributed by atoms with Crippen LogP contribution in [0.3, 0.4) is 0 Å². The summed E-state index contributed by atoms with van der Waals surface area (Å²) in [5, 5.41) is 2.85. The number of rotatable bonds is 7. The van der Waals surface area contributed by atoms with Crippen LogP contribution in [0.25, 0.3) is 6.08 Å². The number of nitrogens with zero attached hydrogens (tertiary/aromatic N) is 1. The predicted molar refractivity (Wildman–Crippen MR) is 89.5 cm³/mol. The molecule has 1 aromatic carbocycles. The molecule has 1 N–H and O–H groups in total. The molecule has 0 fully saturated rings. The SMILES string of the molecule is COc1ccc(OC)c(/C=C/C(=O)NCCc2ccncc2)c1. The molecule has 0 saturated carbocycles. The van der Waals surface area contributed by atoms with Gasteiger partial charge in [0.05, 0.1) is 14.2 Å². The van der Waals surface area contributed by atoms with Gasteiger partial charge < -0.3 is 14.8 Å². The van der Waals surface area contributed by atoms with Gasteiger partial charge in [-0.25, -0.2) is 0 Å². The molecule has 120 valence electrons. The van der Waals surface area contributed by atoms with Gasteiger partial charge in [0.1, 0.15) is 11.5 Å². The van der Waals surface area contributed by atoms with E-state index in [0.29, 0.717) is 18.0 Å². The van der Waals surface area contributed by atoms with E-state index in [1.54, 1.807) is 38.8 Å². The van der Waals surface area contributed by atoms with E-state index in [9.17, 15) is 4.79 Å². The van der Waals surface area contributed by atoms with Crippen molar-refractivity contribution in [1.29, 1.82) is 0 Å². The van der Waals surface area contributed by atoms with Crippen LogP contribution in [-0.2, 0) is 11.2 Å². The first-order chi connectivity index (χ1) is 11.2. The van der Waals surface area contributed by atoms with Gasteiger partial charge >= 0.3 is 0 Å². The van der Waals surface area contributed by atoms with Gasteiger partial charge in [-0.3, -0.25) is 9.78 Å². The highest BCUT2D eigenvalue weighted by Crippen LogP contribution is 2.24. The number of ether oxygens (including phenoxy) is 2. The summed E-state index contributed by atoms with van der Waals surface area (Å²) in [6.07, 6.45) is 7.45. The summed E-state index contributed by atoms with van der Waals surface area (Å²) >= 11 is 0. The van der Waals surface area contributed by atoms with Gasteiger partial charge in [0.2, 0.25) is 5.91 Å². The number of pyridine rings is 1. The van der Waals surface area contributed by atoms with Gasteiger partial charge in [0.25, 0.3) is 0 Å². The Morgan fingerprint density at radius 1 is 1.17 bits per heavy atom. The largest absolute Gasteiger partial charge is 0.497 e. The normalized spacial score (nSPS) is 10.5. The van der Waals surface area contributed by atoms with E-state index in [0.717, 1.165) is 17.5 Å². The third kappa shape index (κ3) is 5.14. The second kappa shape index (κ2) is 8.58. The standard InChI is InChI=1S/C18H20N2O3/c1-22-16-4-5-17(23-2)15(13-16)3-6-18(21)20-12-9-14-7-10-19-11-8-14/h3-8,10-11,13H,9,12H2,1-2H3,(H,20,21)/b6-3+. The number of methoxy groups -OCH3 is 2. The Morgan fingerprint density at radius 2 is 1.96 bits per heavy atom. The number of benzene rings is 1. The number of hydrogen-bond acceptors (Lipinski definition) is 4. The average Bonchev–Trinajstić information content (AvgIpc) is 2.60. The maximum atomic E-state index is 11.9. The molecule has 0 aliphatic heterocycles. The first-order valence-corrected chi connectivity index (χ1v) is 7.30. The van der Waals surface area contributed by atoms with Crippen LogP contribution in [0.4, 0.5) is 0 Å². The number of aromatic nitrogens is 1. The molecule has 0 atom stereocenters. The van der Waals surface area contributed by atoms with Crippen molar-refractivity contribution in [2.24, 2.45) is 0 Å². The third-order valence-corrected chi connectivity index (χ3v) is 3.31. The Balaban J connectivity index is 1.90. The molecule has 0 radical (unpaired) electrons. The zero-order valence-electron chi connectivity index (χ0n) is 13.3. The molecule has 0 bridgehead atoms. The molecule has 23 heavy (non-hydrogen) atoms. The smallest absolute Gasteiger partial charge is 0.244 e. The molecule has 2 aromatic rings. The van der Waals surface area contributed by atoms with Crippen molar-refractivity contribution in [1.82, 2.24) is 10.3 Å². The van der Waals surface area contributed by atoms with Crippen molar-refractivity contribution >= 4 is 12.0 Å². The number of hydrogen-bond donors (Lipinski definition) is 1. The second-order valence-electron chi connectivity index (χ2n) is 4.84. The summed E-state index contributed by atoms with van der Waals surface area (Å²) in [4.78, 5) is 15.8. The van der Waals surface area contributed by atoms with E-state index in [2.05, 4.69) is 10.3 Å². The van der Waals surface area contributed by atoms with E-state index in [1.165, 1.54) is 6.08 Å². The fourth-order valence-corrected chi connectivity index (χ4v) is 2.07. The average molecular weight is 312 g/mol. The zero-order valence-corrected chi connectivity index (χ0v) is 13.3. The Hall–Kier alpha value is -2.82. The Morgan fingerprint density at radius 3 is 2.65 bits per heavy atom. The lowest BCUT2D eigenvalue weighted by Crippen LogP contribution is -2.23. The maximum Gasteiger partial charge on any atom is 0.244 e. The molecule has 0 aliphatic carbocycles. The molecule has 5 heteroatoms. The van der Waals surface area contributed by atoms with Crippen molar-refractivity contribution in [2.75, 3.05) is 20.8 Å². The van der Waals surface area contributed by atoms with Crippen molar-refractivity contribution in [3.8, 4) is 11.5 Å². The summed E-state index contributed by atoms with van der Waals surface area (Å²) in [6.45, 7) is 0.572. The van der Waals surface area contributed by atoms with E-state index in [4.69, 9.17) is 9.47 Å². The molecule has 0 spiro atoms.